The standard InChI is InChI=1S/C12H14F3N5S/c1-4-16-8-6-9(18-11(17-8)12(13,14)15)21-10-5-7(2)19-20(10)3/h5-6H,4H2,1-3H3,(H,16,17,18). The zero-order valence-corrected chi connectivity index (χ0v) is 12.5. The van der Waals surface area contributed by atoms with Gasteiger partial charge in [0, 0.05) is 19.7 Å². The lowest BCUT2D eigenvalue weighted by molar-refractivity contribution is -0.145. The lowest BCUT2D eigenvalue weighted by atomic mass is 10.5. The summed E-state index contributed by atoms with van der Waals surface area (Å²) in [5.74, 6) is -0.997. The minimum absolute atomic E-state index is 0.154. The lowest BCUT2D eigenvalue weighted by Gasteiger charge is -2.10. The molecular formula is C12H14F3N5S. The van der Waals surface area contributed by atoms with E-state index < -0.39 is 12.0 Å². The molecule has 5 nitrogen and oxygen atoms in total. The van der Waals surface area contributed by atoms with Gasteiger partial charge < -0.3 is 5.32 Å². The average Bonchev–Trinajstić information content (AvgIpc) is 2.67. The van der Waals surface area contributed by atoms with E-state index in [1.807, 2.05) is 6.92 Å². The summed E-state index contributed by atoms with van der Waals surface area (Å²) < 4.78 is 40.1. The number of hydrogen-bond donors (Lipinski definition) is 1. The first-order valence-electron chi connectivity index (χ1n) is 6.18. The van der Waals surface area contributed by atoms with Crippen molar-refractivity contribution in [1.82, 2.24) is 19.7 Å². The number of anilines is 1. The molecule has 0 atom stereocenters. The Balaban J connectivity index is 2.38. The number of nitrogens with zero attached hydrogens (tertiary/aromatic N) is 4. The molecule has 2 aromatic rings. The van der Waals surface area contributed by atoms with E-state index in [0.29, 0.717) is 11.6 Å². The number of alkyl halides is 3. The summed E-state index contributed by atoms with van der Waals surface area (Å²) in [7, 11) is 1.73. The highest BCUT2D eigenvalue weighted by atomic mass is 32.2. The fraction of sp³-hybridized carbons (Fsp3) is 0.417. The molecule has 0 amide bonds. The first-order chi connectivity index (χ1) is 9.79. The highest BCUT2D eigenvalue weighted by Gasteiger charge is 2.35. The molecule has 0 saturated carbocycles. The fourth-order valence-corrected chi connectivity index (χ4v) is 2.58. The van der Waals surface area contributed by atoms with Crippen LogP contribution in [0.5, 0.6) is 0 Å². The van der Waals surface area contributed by atoms with Crippen molar-refractivity contribution in [2.24, 2.45) is 7.05 Å². The summed E-state index contributed by atoms with van der Waals surface area (Å²) >= 11 is 1.11. The molecule has 1 N–H and O–H groups in total. The van der Waals surface area contributed by atoms with Gasteiger partial charge in [-0.05, 0) is 19.9 Å². The van der Waals surface area contributed by atoms with Crippen molar-refractivity contribution in [2.45, 2.75) is 30.1 Å². The van der Waals surface area contributed by atoms with Crippen LogP contribution >= 0.6 is 11.8 Å². The first-order valence-corrected chi connectivity index (χ1v) is 7.00. The van der Waals surface area contributed by atoms with Crippen molar-refractivity contribution in [1.29, 1.82) is 0 Å². The lowest BCUT2D eigenvalue weighted by Crippen LogP contribution is -2.13. The number of halogens is 3. The number of rotatable bonds is 4. The van der Waals surface area contributed by atoms with Crippen molar-refractivity contribution in [2.75, 3.05) is 11.9 Å². The molecule has 2 aromatic heterocycles. The Morgan fingerprint density at radius 2 is 2.00 bits per heavy atom. The van der Waals surface area contributed by atoms with Crippen molar-refractivity contribution in [3.05, 3.63) is 23.7 Å². The molecule has 0 aliphatic rings. The number of nitrogens with one attached hydrogen (secondary N) is 1. The third-order valence-corrected chi connectivity index (χ3v) is 3.49. The van der Waals surface area contributed by atoms with Gasteiger partial charge in [-0.1, -0.05) is 11.8 Å². The Hall–Kier alpha value is -1.77. The Bertz CT molecular complexity index is 638. The van der Waals surface area contributed by atoms with Crippen LogP contribution in [0.4, 0.5) is 19.0 Å². The van der Waals surface area contributed by atoms with Gasteiger partial charge in [0.05, 0.1) is 5.69 Å². The maximum Gasteiger partial charge on any atom is 0.451 e. The molecule has 21 heavy (non-hydrogen) atoms. The summed E-state index contributed by atoms with van der Waals surface area (Å²) in [6.45, 7) is 4.07. The zero-order chi connectivity index (χ0) is 15.6. The van der Waals surface area contributed by atoms with Gasteiger partial charge >= 0.3 is 6.18 Å². The Morgan fingerprint density at radius 3 is 2.52 bits per heavy atom. The maximum atomic E-state index is 12.8. The Labute approximate surface area is 124 Å². The molecule has 0 bridgehead atoms. The minimum Gasteiger partial charge on any atom is -0.370 e. The summed E-state index contributed by atoms with van der Waals surface area (Å²) in [5.41, 5.74) is 0.789. The van der Waals surface area contributed by atoms with E-state index in [2.05, 4.69) is 20.4 Å². The van der Waals surface area contributed by atoms with E-state index in [4.69, 9.17) is 0 Å². The molecule has 0 radical (unpaired) electrons. The van der Waals surface area contributed by atoms with E-state index in [0.717, 1.165) is 17.5 Å². The highest BCUT2D eigenvalue weighted by Crippen LogP contribution is 2.32. The SMILES string of the molecule is CCNc1cc(Sc2cc(C)nn2C)nc(C(F)(F)F)n1. The van der Waals surface area contributed by atoms with Crippen LogP contribution in [-0.4, -0.2) is 26.3 Å². The third-order valence-electron chi connectivity index (χ3n) is 2.48. The predicted molar refractivity (Wildman–Crippen MR) is 73.3 cm³/mol. The number of aromatic nitrogens is 4. The van der Waals surface area contributed by atoms with Crippen LogP contribution in [0.2, 0.25) is 0 Å². The van der Waals surface area contributed by atoms with Gasteiger partial charge in [-0.3, -0.25) is 4.68 Å². The van der Waals surface area contributed by atoms with Gasteiger partial charge in [-0.2, -0.15) is 18.3 Å². The molecule has 0 aliphatic heterocycles. The van der Waals surface area contributed by atoms with Crippen LogP contribution in [0.25, 0.3) is 0 Å². The van der Waals surface area contributed by atoms with Crippen LogP contribution in [0.1, 0.15) is 18.4 Å². The maximum absolute atomic E-state index is 12.8. The van der Waals surface area contributed by atoms with Crippen molar-refractivity contribution in [3.8, 4) is 0 Å². The van der Waals surface area contributed by atoms with E-state index in [1.165, 1.54) is 6.07 Å². The summed E-state index contributed by atoms with van der Waals surface area (Å²) in [5, 5.41) is 7.86. The quantitative estimate of drug-likeness (QED) is 0.878. The van der Waals surface area contributed by atoms with Crippen LogP contribution in [0, 0.1) is 6.92 Å². The first kappa shape index (κ1) is 15.6. The predicted octanol–water partition coefficient (Wildman–Crippen LogP) is 3.12. The van der Waals surface area contributed by atoms with Crippen LogP contribution in [0.15, 0.2) is 22.2 Å². The largest absolute Gasteiger partial charge is 0.451 e. The van der Waals surface area contributed by atoms with Gasteiger partial charge in [-0.15, -0.1) is 0 Å². The topological polar surface area (TPSA) is 55.6 Å². The highest BCUT2D eigenvalue weighted by molar-refractivity contribution is 7.99. The van der Waals surface area contributed by atoms with Crippen molar-refractivity contribution < 1.29 is 13.2 Å². The number of aryl methyl sites for hydroxylation is 2. The second-order valence-electron chi connectivity index (χ2n) is 4.29. The molecule has 0 fully saturated rings. The Kier molecular flexibility index (Phi) is 4.40. The molecule has 2 heterocycles. The average molecular weight is 317 g/mol. The molecule has 114 valence electrons. The molecule has 9 heteroatoms. The van der Waals surface area contributed by atoms with E-state index >= 15 is 0 Å². The van der Waals surface area contributed by atoms with Crippen molar-refractivity contribution >= 4 is 17.6 Å². The second kappa shape index (κ2) is 5.92. The second-order valence-corrected chi connectivity index (χ2v) is 5.33. The molecular weight excluding hydrogens is 303 g/mol. The van der Waals surface area contributed by atoms with Crippen LogP contribution < -0.4 is 5.32 Å². The summed E-state index contributed by atoms with van der Waals surface area (Å²) in [6, 6.07) is 3.28. The third kappa shape index (κ3) is 3.87. The Morgan fingerprint density at radius 1 is 1.29 bits per heavy atom. The van der Waals surface area contributed by atoms with Crippen molar-refractivity contribution in [3.63, 3.8) is 0 Å². The van der Waals surface area contributed by atoms with Crippen LogP contribution in [0.3, 0.4) is 0 Å². The van der Waals surface area contributed by atoms with Gasteiger partial charge in [0.15, 0.2) is 0 Å². The monoisotopic (exact) mass is 317 g/mol. The summed E-state index contributed by atoms with van der Waals surface area (Å²) in [6.07, 6.45) is -4.58. The molecule has 0 unspecified atom stereocenters. The molecule has 2 rings (SSSR count). The van der Waals surface area contributed by atoms with E-state index in [-0.39, 0.29) is 10.8 Å². The van der Waals surface area contributed by atoms with E-state index in [1.54, 1.807) is 24.7 Å². The van der Waals surface area contributed by atoms with Crippen LogP contribution in [-0.2, 0) is 13.2 Å². The molecule has 0 aliphatic carbocycles. The normalized spacial score (nSPS) is 11.7. The number of hydrogen-bond acceptors (Lipinski definition) is 5. The minimum atomic E-state index is -4.58. The molecule has 0 spiro atoms. The fourth-order valence-electron chi connectivity index (χ4n) is 1.67. The van der Waals surface area contributed by atoms with E-state index in [9.17, 15) is 13.2 Å². The van der Waals surface area contributed by atoms with Gasteiger partial charge in [0.2, 0.25) is 5.82 Å². The van der Waals surface area contributed by atoms with Gasteiger partial charge in [0.1, 0.15) is 15.9 Å². The smallest absolute Gasteiger partial charge is 0.370 e. The van der Waals surface area contributed by atoms with Gasteiger partial charge in [0.25, 0.3) is 0 Å². The zero-order valence-electron chi connectivity index (χ0n) is 11.7. The van der Waals surface area contributed by atoms with Gasteiger partial charge in [-0.25, -0.2) is 9.97 Å². The molecule has 0 saturated heterocycles. The molecule has 0 aromatic carbocycles. The summed E-state index contributed by atoms with van der Waals surface area (Å²) in [4.78, 5) is 7.06.